The average molecular weight is 338 g/mol. The normalized spacial score (nSPS) is 14.0. The molecule has 0 radical (unpaired) electrons. The molecule has 0 unspecified atom stereocenters. The summed E-state index contributed by atoms with van der Waals surface area (Å²) in [6.45, 7) is 3.28. The van der Waals surface area contributed by atoms with Gasteiger partial charge >= 0.3 is 5.97 Å². The number of esters is 1. The SMILES string of the molecule is CCOC(=O)C(C=N)=C(O)c1ccc(F)c(OC)c1C.NC1CC1. The lowest BCUT2D eigenvalue weighted by atomic mass is 10.0. The highest BCUT2D eigenvalue weighted by molar-refractivity contribution is 6.14. The second-order valence-corrected chi connectivity index (χ2v) is 5.22. The van der Waals surface area contributed by atoms with Crippen molar-refractivity contribution in [3.05, 3.63) is 34.6 Å². The second kappa shape index (κ2) is 9.02. The van der Waals surface area contributed by atoms with Gasteiger partial charge in [0.2, 0.25) is 0 Å². The lowest BCUT2D eigenvalue weighted by Gasteiger charge is -2.12. The Hall–Kier alpha value is -2.41. The highest BCUT2D eigenvalue weighted by Gasteiger charge is 2.20. The summed E-state index contributed by atoms with van der Waals surface area (Å²) >= 11 is 0. The number of hydrogen-bond acceptors (Lipinski definition) is 6. The third kappa shape index (κ3) is 5.06. The topological polar surface area (TPSA) is 106 Å². The smallest absolute Gasteiger partial charge is 0.343 e. The largest absolute Gasteiger partial charge is 0.506 e. The maximum Gasteiger partial charge on any atom is 0.343 e. The zero-order valence-corrected chi connectivity index (χ0v) is 14.1. The molecule has 132 valence electrons. The van der Waals surface area contributed by atoms with Crippen molar-refractivity contribution in [3.63, 3.8) is 0 Å². The second-order valence-electron chi connectivity index (χ2n) is 5.22. The molecular weight excluding hydrogens is 315 g/mol. The summed E-state index contributed by atoms with van der Waals surface area (Å²) in [6.07, 6.45) is 3.22. The van der Waals surface area contributed by atoms with E-state index >= 15 is 0 Å². The van der Waals surface area contributed by atoms with Gasteiger partial charge in [0.15, 0.2) is 11.6 Å². The Morgan fingerprint density at radius 3 is 2.50 bits per heavy atom. The van der Waals surface area contributed by atoms with Crippen LogP contribution in [0, 0.1) is 18.2 Å². The molecule has 0 spiro atoms. The average Bonchev–Trinajstić information content (AvgIpc) is 3.31. The minimum atomic E-state index is -0.817. The van der Waals surface area contributed by atoms with Gasteiger partial charge in [-0.2, -0.15) is 0 Å². The molecule has 1 saturated carbocycles. The first-order chi connectivity index (χ1) is 11.4. The predicted molar refractivity (Wildman–Crippen MR) is 89.9 cm³/mol. The molecule has 7 heteroatoms. The van der Waals surface area contributed by atoms with Crippen LogP contribution in [0.3, 0.4) is 0 Å². The molecule has 0 heterocycles. The van der Waals surface area contributed by atoms with Crippen LogP contribution in [-0.4, -0.2) is 37.0 Å². The summed E-state index contributed by atoms with van der Waals surface area (Å²) in [6, 6.07) is 3.01. The van der Waals surface area contributed by atoms with Crippen molar-refractivity contribution in [1.29, 1.82) is 5.41 Å². The zero-order valence-electron chi connectivity index (χ0n) is 14.1. The number of hydrogen-bond donors (Lipinski definition) is 3. The van der Waals surface area contributed by atoms with Crippen LogP contribution in [0.25, 0.3) is 5.76 Å². The van der Waals surface area contributed by atoms with E-state index in [1.54, 1.807) is 13.8 Å². The third-order valence-corrected chi connectivity index (χ3v) is 3.33. The quantitative estimate of drug-likeness (QED) is 0.331. The molecule has 0 bridgehead atoms. The van der Waals surface area contributed by atoms with Crippen molar-refractivity contribution in [2.24, 2.45) is 5.73 Å². The Morgan fingerprint density at radius 2 is 2.08 bits per heavy atom. The number of halogens is 1. The Labute approximate surface area is 140 Å². The van der Waals surface area contributed by atoms with Crippen LogP contribution in [0.4, 0.5) is 4.39 Å². The molecule has 24 heavy (non-hydrogen) atoms. The van der Waals surface area contributed by atoms with E-state index in [2.05, 4.69) is 0 Å². The monoisotopic (exact) mass is 338 g/mol. The maximum atomic E-state index is 13.5. The Kier molecular flexibility index (Phi) is 7.38. The number of methoxy groups -OCH3 is 1. The van der Waals surface area contributed by atoms with Gasteiger partial charge in [0.25, 0.3) is 0 Å². The van der Waals surface area contributed by atoms with E-state index in [0.29, 0.717) is 17.8 Å². The molecule has 2 rings (SSSR count). The molecule has 1 aliphatic rings. The molecule has 6 nitrogen and oxygen atoms in total. The van der Waals surface area contributed by atoms with Gasteiger partial charge in [0.05, 0.1) is 13.7 Å². The summed E-state index contributed by atoms with van der Waals surface area (Å²) in [5, 5.41) is 17.3. The number of carbonyl (C=O) groups is 1. The third-order valence-electron chi connectivity index (χ3n) is 3.33. The molecule has 4 N–H and O–H groups in total. The fourth-order valence-electron chi connectivity index (χ4n) is 1.84. The first-order valence-electron chi connectivity index (χ1n) is 7.57. The number of ether oxygens (including phenoxy) is 2. The maximum absolute atomic E-state index is 13.5. The van der Waals surface area contributed by atoms with Crippen molar-refractivity contribution < 1.29 is 23.8 Å². The standard InChI is InChI=1S/C14H16FNO4.C3H7N/c1-4-20-14(18)10(7-16)12(17)9-5-6-11(15)13(19-3)8(9)2;4-3-1-2-3/h5-7,16-17H,4H2,1-3H3;3H,1-2,4H2. The van der Waals surface area contributed by atoms with Crippen LogP contribution in [0.5, 0.6) is 5.75 Å². The molecule has 1 fully saturated rings. The molecule has 0 aliphatic heterocycles. The molecule has 0 atom stereocenters. The molecule has 0 aromatic heterocycles. The van der Waals surface area contributed by atoms with E-state index in [1.807, 2.05) is 0 Å². The van der Waals surface area contributed by atoms with Crippen LogP contribution in [-0.2, 0) is 9.53 Å². The van der Waals surface area contributed by atoms with Gasteiger partial charge in [-0.05, 0) is 38.8 Å². The van der Waals surface area contributed by atoms with Crippen molar-refractivity contribution in [1.82, 2.24) is 0 Å². The van der Waals surface area contributed by atoms with Crippen molar-refractivity contribution >= 4 is 17.9 Å². The highest BCUT2D eigenvalue weighted by atomic mass is 19.1. The minimum Gasteiger partial charge on any atom is -0.506 e. The van der Waals surface area contributed by atoms with Crippen molar-refractivity contribution in [3.8, 4) is 5.75 Å². The Bertz CT molecular complexity index is 640. The molecular formula is C17H23FN2O4. The van der Waals surface area contributed by atoms with Gasteiger partial charge in [-0.3, -0.25) is 0 Å². The molecule has 1 aromatic carbocycles. The summed E-state index contributed by atoms with van der Waals surface area (Å²) in [5.41, 5.74) is 5.45. The Morgan fingerprint density at radius 1 is 1.50 bits per heavy atom. The van der Waals surface area contributed by atoms with Crippen molar-refractivity contribution in [2.75, 3.05) is 13.7 Å². The van der Waals surface area contributed by atoms with Crippen LogP contribution in [0.15, 0.2) is 17.7 Å². The molecule has 0 amide bonds. The molecule has 1 aromatic rings. The van der Waals surface area contributed by atoms with Crippen LogP contribution < -0.4 is 10.5 Å². The summed E-state index contributed by atoms with van der Waals surface area (Å²) < 4.78 is 23.1. The van der Waals surface area contributed by atoms with Gasteiger partial charge in [0, 0.05) is 23.4 Å². The summed E-state index contributed by atoms with van der Waals surface area (Å²) in [5.74, 6) is -1.87. The zero-order chi connectivity index (χ0) is 18.3. The van der Waals surface area contributed by atoms with E-state index in [1.165, 1.54) is 26.0 Å². The predicted octanol–water partition coefficient (Wildman–Crippen LogP) is 2.73. The minimum absolute atomic E-state index is 0.0257. The van der Waals surface area contributed by atoms with E-state index in [0.717, 1.165) is 6.07 Å². The van der Waals surface area contributed by atoms with Crippen LogP contribution in [0.2, 0.25) is 0 Å². The van der Waals surface area contributed by atoms with Gasteiger partial charge < -0.3 is 25.7 Å². The lowest BCUT2D eigenvalue weighted by Crippen LogP contribution is -2.11. The molecule has 1 aliphatic carbocycles. The fourth-order valence-corrected chi connectivity index (χ4v) is 1.84. The fraction of sp³-hybridized carbons (Fsp3) is 0.412. The van der Waals surface area contributed by atoms with E-state index < -0.39 is 17.5 Å². The number of rotatable bonds is 5. The van der Waals surface area contributed by atoms with Crippen LogP contribution in [0.1, 0.15) is 30.9 Å². The van der Waals surface area contributed by atoms with E-state index in [9.17, 15) is 14.3 Å². The van der Waals surface area contributed by atoms with E-state index in [4.69, 9.17) is 20.6 Å². The number of nitrogens with two attached hydrogens (primary N) is 1. The van der Waals surface area contributed by atoms with Gasteiger partial charge in [0.1, 0.15) is 11.3 Å². The number of nitrogens with one attached hydrogen (secondary N) is 1. The summed E-state index contributed by atoms with van der Waals surface area (Å²) in [4.78, 5) is 11.6. The highest BCUT2D eigenvalue weighted by Crippen LogP contribution is 2.29. The number of benzene rings is 1. The molecule has 0 saturated heterocycles. The van der Waals surface area contributed by atoms with Crippen LogP contribution >= 0.6 is 0 Å². The van der Waals surface area contributed by atoms with Gasteiger partial charge in [-0.15, -0.1) is 0 Å². The number of aliphatic hydroxyl groups is 1. The lowest BCUT2D eigenvalue weighted by molar-refractivity contribution is -0.137. The summed E-state index contributed by atoms with van der Waals surface area (Å²) in [7, 11) is 1.30. The Balaban J connectivity index is 0.000000624. The van der Waals surface area contributed by atoms with Crippen molar-refractivity contribution in [2.45, 2.75) is 32.7 Å². The number of carbonyl (C=O) groups excluding carboxylic acids is 1. The van der Waals surface area contributed by atoms with Gasteiger partial charge in [-0.25, -0.2) is 9.18 Å². The van der Waals surface area contributed by atoms with Gasteiger partial charge in [-0.1, -0.05) is 0 Å². The first-order valence-corrected chi connectivity index (χ1v) is 7.57. The first kappa shape index (κ1) is 19.6. The number of aliphatic hydroxyl groups excluding tert-OH is 1. The van der Waals surface area contributed by atoms with E-state index in [-0.39, 0.29) is 23.5 Å².